The van der Waals surface area contributed by atoms with Gasteiger partial charge in [-0.15, -0.1) is 0 Å². The van der Waals surface area contributed by atoms with Crippen LogP contribution in [-0.4, -0.2) is 35.5 Å². The molecule has 0 spiro atoms. The van der Waals surface area contributed by atoms with Crippen molar-refractivity contribution in [3.63, 3.8) is 0 Å². The van der Waals surface area contributed by atoms with Crippen molar-refractivity contribution in [2.45, 2.75) is 32.7 Å². The summed E-state index contributed by atoms with van der Waals surface area (Å²) in [7, 11) is 0. The third-order valence-electron chi connectivity index (χ3n) is 3.74. The number of amides is 2. The number of aliphatic carboxylic acids is 1. The van der Waals surface area contributed by atoms with Gasteiger partial charge in [0.05, 0.1) is 0 Å². The number of carboxylic acids is 1. The standard InChI is InChI=1S/C16H20N2O4/c1-10(2)15(16(21)22)17-13(19)9-18-12-6-4-3-5-11(12)7-8-14(18)20/h3-6,10,15H,7-9H2,1-2H3,(H,17,19)(H,21,22). The third kappa shape index (κ3) is 3.44. The van der Waals surface area contributed by atoms with Crippen LogP contribution in [0, 0.1) is 5.92 Å². The maximum atomic E-state index is 12.1. The van der Waals surface area contributed by atoms with Crippen LogP contribution >= 0.6 is 0 Å². The van der Waals surface area contributed by atoms with Gasteiger partial charge in [-0.3, -0.25) is 9.59 Å². The monoisotopic (exact) mass is 304 g/mol. The van der Waals surface area contributed by atoms with Gasteiger partial charge in [-0.1, -0.05) is 32.0 Å². The summed E-state index contributed by atoms with van der Waals surface area (Å²) in [5.41, 5.74) is 1.75. The van der Waals surface area contributed by atoms with E-state index in [1.165, 1.54) is 4.90 Å². The Hall–Kier alpha value is -2.37. The summed E-state index contributed by atoms with van der Waals surface area (Å²) in [5, 5.41) is 11.6. The Morgan fingerprint density at radius 3 is 2.59 bits per heavy atom. The predicted octanol–water partition coefficient (Wildman–Crippen LogP) is 1.19. The van der Waals surface area contributed by atoms with Crippen LogP contribution in [0.25, 0.3) is 0 Å². The lowest BCUT2D eigenvalue weighted by Crippen LogP contribution is -2.49. The molecule has 1 heterocycles. The minimum absolute atomic E-state index is 0.120. The van der Waals surface area contributed by atoms with Crippen molar-refractivity contribution in [2.75, 3.05) is 11.4 Å². The first kappa shape index (κ1) is 16.0. The minimum atomic E-state index is -1.08. The molecule has 1 aliphatic heterocycles. The first-order valence-electron chi connectivity index (χ1n) is 7.30. The normalized spacial score (nSPS) is 15.4. The number of para-hydroxylation sites is 1. The summed E-state index contributed by atoms with van der Waals surface area (Å²) in [6.07, 6.45) is 1.02. The largest absolute Gasteiger partial charge is 0.480 e. The van der Waals surface area contributed by atoms with Gasteiger partial charge in [0.25, 0.3) is 0 Å². The van der Waals surface area contributed by atoms with E-state index in [1.54, 1.807) is 19.9 Å². The van der Waals surface area contributed by atoms with E-state index in [4.69, 9.17) is 5.11 Å². The first-order valence-corrected chi connectivity index (χ1v) is 7.30. The quantitative estimate of drug-likeness (QED) is 0.855. The molecule has 6 nitrogen and oxygen atoms in total. The van der Waals surface area contributed by atoms with Crippen LogP contribution in [0.5, 0.6) is 0 Å². The topological polar surface area (TPSA) is 86.7 Å². The van der Waals surface area contributed by atoms with Crippen LogP contribution in [0.3, 0.4) is 0 Å². The van der Waals surface area contributed by atoms with E-state index in [0.717, 1.165) is 11.3 Å². The zero-order valence-corrected chi connectivity index (χ0v) is 12.7. The number of nitrogens with zero attached hydrogens (tertiary/aromatic N) is 1. The average Bonchev–Trinajstić information content (AvgIpc) is 2.47. The fourth-order valence-corrected chi connectivity index (χ4v) is 2.55. The summed E-state index contributed by atoms with van der Waals surface area (Å²) in [5.74, 6) is -1.89. The van der Waals surface area contributed by atoms with Crippen molar-refractivity contribution < 1.29 is 19.5 Å². The number of hydrogen-bond acceptors (Lipinski definition) is 3. The average molecular weight is 304 g/mol. The van der Waals surface area contributed by atoms with Gasteiger partial charge in [-0.05, 0) is 24.0 Å². The molecule has 0 radical (unpaired) electrons. The summed E-state index contributed by atoms with van der Waals surface area (Å²) in [4.78, 5) is 36.8. The molecule has 1 atom stereocenters. The van der Waals surface area contributed by atoms with Gasteiger partial charge < -0.3 is 15.3 Å². The van der Waals surface area contributed by atoms with Crippen LogP contribution in [0.1, 0.15) is 25.8 Å². The van der Waals surface area contributed by atoms with Gasteiger partial charge in [0.1, 0.15) is 12.6 Å². The van der Waals surface area contributed by atoms with E-state index in [-0.39, 0.29) is 18.4 Å². The highest BCUT2D eigenvalue weighted by Gasteiger charge is 2.28. The number of nitrogens with one attached hydrogen (secondary N) is 1. The molecule has 0 aromatic heterocycles. The van der Waals surface area contributed by atoms with E-state index in [2.05, 4.69) is 5.32 Å². The van der Waals surface area contributed by atoms with Crippen LogP contribution in [0.2, 0.25) is 0 Å². The fraction of sp³-hybridized carbons (Fsp3) is 0.438. The predicted molar refractivity (Wildman–Crippen MR) is 81.5 cm³/mol. The molecule has 1 aliphatic rings. The SMILES string of the molecule is CC(C)C(NC(=O)CN1C(=O)CCc2ccccc21)C(=O)O. The van der Waals surface area contributed by atoms with Crippen LogP contribution < -0.4 is 10.2 Å². The zero-order chi connectivity index (χ0) is 16.3. The lowest BCUT2D eigenvalue weighted by molar-refractivity contribution is -0.142. The van der Waals surface area contributed by atoms with Gasteiger partial charge in [0.15, 0.2) is 0 Å². The molecular weight excluding hydrogens is 284 g/mol. The van der Waals surface area contributed by atoms with E-state index in [1.807, 2.05) is 18.2 Å². The zero-order valence-electron chi connectivity index (χ0n) is 12.7. The number of anilines is 1. The second kappa shape index (κ2) is 6.60. The molecule has 1 aromatic rings. The number of aryl methyl sites for hydroxylation is 1. The van der Waals surface area contributed by atoms with Gasteiger partial charge in [-0.2, -0.15) is 0 Å². The van der Waals surface area contributed by atoms with E-state index >= 15 is 0 Å². The minimum Gasteiger partial charge on any atom is -0.480 e. The molecule has 0 saturated heterocycles. The maximum absolute atomic E-state index is 12.1. The Labute approximate surface area is 129 Å². The van der Waals surface area contributed by atoms with Gasteiger partial charge in [0.2, 0.25) is 11.8 Å². The fourth-order valence-electron chi connectivity index (χ4n) is 2.55. The Morgan fingerprint density at radius 2 is 1.95 bits per heavy atom. The van der Waals surface area contributed by atoms with Crippen molar-refractivity contribution in [2.24, 2.45) is 5.92 Å². The lowest BCUT2D eigenvalue weighted by Gasteiger charge is -2.29. The van der Waals surface area contributed by atoms with Crippen molar-refractivity contribution in [3.05, 3.63) is 29.8 Å². The second-order valence-corrected chi connectivity index (χ2v) is 5.74. The van der Waals surface area contributed by atoms with Crippen molar-refractivity contribution >= 4 is 23.5 Å². The number of rotatable bonds is 5. The Balaban J connectivity index is 2.11. The molecule has 2 N–H and O–H groups in total. The van der Waals surface area contributed by atoms with Gasteiger partial charge in [-0.25, -0.2) is 4.79 Å². The Kier molecular flexibility index (Phi) is 4.80. The summed E-state index contributed by atoms with van der Waals surface area (Å²) in [6, 6.07) is 6.49. The molecule has 2 amide bonds. The summed E-state index contributed by atoms with van der Waals surface area (Å²) >= 11 is 0. The molecule has 0 bridgehead atoms. The molecule has 0 fully saturated rings. The number of benzene rings is 1. The highest BCUT2D eigenvalue weighted by atomic mass is 16.4. The Morgan fingerprint density at radius 1 is 1.27 bits per heavy atom. The smallest absolute Gasteiger partial charge is 0.326 e. The van der Waals surface area contributed by atoms with E-state index in [0.29, 0.717) is 12.8 Å². The number of carboxylic acid groups (broad SMARTS) is 1. The number of hydrogen-bond donors (Lipinski definition) is 2. The molecule has 1 unspecified atom stereocenters. The van der Waals surface area contributed by atoms with Crippen LogP contribution in [-0.2, 0) is 20.8 Å². The molecule has 118 valence electrons. The molecule has 2 rings (SSSR count). The maximum Gasteiger partial charge on any atom is 0.326 e. The van der Waals surface area contributed by atoms with Crippen molar-refractivity contribution in [3.8, 4) is 0 Å². The molecule has 0 aliphatic carbocycles. The highest BCUT2D eigenvalue weighted by molar-refractivity contribution is 6.01. The molecule has 0 saturated carbocycles. The third-order valence-corrected chi connectivity index (χ3v) is 3.74. The van der Waals surface area contributed by atoms with Crippen molar-refractivity contribution in [1.82, 2.24) is 5.32 Å². The highest BCUT2D eigenvalue weighted by Crippen LogP contribution is 2.27. The van der Waals surface area contributed by atoms with Crippen LogP contribution in [0.4, 0.5) is 5.69 Å². The Bertz CT molecular complexity index is 598. The number of carbonyl (C=O) groups excluding carboxylic acids is 2. The summed E-state index contributed by atoms with van der Waals surface area (Å²) in [6.45, 7) is 3.28. The molecule has 6 heteroatoms. The molecular formula is C16H20N2O4. The molecule has 22 heavy (non-hydrogen) atoms. The van der Waals surface area contributed by atoms with E-state index < -0.39 is 17.9 Å². The lowest BCUT2D eigenvalue weighted by atomic mass is 10.0. The van der Waals surface area contributed by atoms with Crippen LogP contribution in [0.15, 0.2) is 24.3 Å². The van der Waals surface area contributed by atoms with E-state index in [9.17, 15) is 14.4 Å². The second-order valence-electron chi connectivity index (χ2n) is 5.74. The first-order chi connectivity index (χ1) is 10.4. The van der Waals surface area contributed by atoms with Crippen molar-refractivity contribution in [1.29, 1.82) is 0 Å². The number of fused-ring (bicyclic) bond motifs is 1. The number of carbonyl (C=O) groups is 3. The summed E-state index contributed by atoms with van der Waals surface area (Å²) < 4.78 is 0. The molecule has 1 aromatic carbocycles. The van der Waals surface area contributed by atoms with Gasteiger partial charge >= 0.3 is 5.97 Å². The van der Waals surface area contributed by atoms with Gasteiger partial charge in [0, 0.05) is 12.1 Å².